The number of hydrogen-bond acceptors (Lipinski definition) is 5. The van der Waals surface area contributed by atoms with Gasteiger partial charge in [-0.2, -0.15) is 0 Å². The highest BCUT2D eigenvalue weighted by Gasteiger charge is 2.18. The molecular formula is C19H26N2O3S. The van der Waals surface area contributed by atoms with Crippen LogP contribution in [0.1, 0.15) is 59.7 Å². The van der Waals surface area contributed by atoms with E-state index in [-0.39, 0.29) is 11.9 Å². The second kappa shape index (κ2) is 8.85. The lowest BCUT2D eigenvalue weighted by molar-refractivity contribution is 0.0943. The summed E-state index contributed by atoms with van der Waals surface area (Å²) in [5.74, 6) is 1.33. The third kappa shape index (κ3) is 4.72. The highest BCUT2D eigenvalue weighted by atomic mass is 32.1. The van der Waals surface area contributed by atoms with Gasteiger partial charge in [-0.15, -0.1) is 11.3 Å². The normalized spacial score (nSPS) is 11.9. The number of carbonyl (C=O) groups excluding carboxylic acids is 1. The minimum absolute atomic E-state index is 0.0888. The van der Waals surface area contributed by atoms with Crippen LogP contribution in [0.15, 0.2) is 18.2 Å². The summed E-state index contributed by atoms with van der Waals surface area (Å²) < 4.78 is 11.2. The zero-order valence-corrected chi connectivity index (χ0v) is 16.3. The number of benzene rings is 1. The van der Waals surface area contributed by atoms with Crippen LogP contribution >= 0.6 is 11.3 Å². The molecular weight excluding hydrogens is 336 g/mol. The number of ether oxygens (including phenoxy) is 2. The minimum atomic E-state index is -0.144. The smallest absolute Gasteiger partial charge is 0.263 e. The highest BCUT2D eigenvalue weighted by molar-refractivity contribution is 7.13. The van der Waals surface area contributed by atoms with E-state index in [1.165, 1.54) is 11.3 Å². The van der Waals surface area contributed by atoms with Crippen LogP contribution in [-0.2, 0) is 6.42 Å². The van der Waals surface area contributed by atoms with E-state index in [2.05, 4.69) is 10.3 Å². The van der Waals surface area contributed by atoms with Crippen molar-refractivity contribution in [2.24, 2.45) is 0 Å². The summed E-state index contributed by atoms with van der Waals surface area (Å²) in [6.45, 7) is 10.9. The van der Waals surface area contributed by atoms with E-state index in [1.807, 2.05) is 52.8 Å². The Labute approximate surface area is 153 Å². The Morgan fingerprint density at radius 3 is 2.48 bits per heavy atom. The van der Waals surface area contributed by atoms with Crippen LogP contribution in [0.4, 0.5) is 0 Å². The maximum atomic E-state index is 12.6. The number of rotatable bonds is 8. The Hall–Kier alpha value is -2.08. The van der Waals surface area contributed by atoms with E-state index in [9.17, 15) is 4.79 Å². The van der Waals surface area contributed by atoms with Crippen LogP contribution < -0.4 is 14.8 Å². The Morgan fingerprint density at radius 1 is 1.20 bits per heavy atom. The van der Waals surface area contributed by atoms with Crippen molar-refractivity contribution in [1.29, 1.82) is 0 Å². The molecule has 0 saturated heterocycles. The van der Waals surface area contributed by atoms with Crippen LogP contribution in [0.2, 0.25) is 0 Å². The van der Waals surface area contributed by atoms with Crippen LogP contribution in [0, 0.1) is 6.92 Å². The molecule has 136 valence electrons. The Balaban J connectivity index is 2.16. The summed E-state index contributed by atoms with van der Waals surface area (Å²) in [6.07, 6.45) is 0.838. The van der Waals surface area contributed by atoms with Crippen molar-refractivity contribution in [3.8, 4) is 11.5 Å². The predicted molar refractivity (Wildman–Crippen MR) is 101 cm³/mol. The number of aryl methyl sites for hydroxylation is 2. The lowest BCUT2D eigenvalue weighted by Crippen LogP contribution is -2.26. The van der Waals surface area contributed by atoms with Crippen molar-refractivity contribution in [1.82, 2.24) is 10.3 Å². The van der Waals surface area contributed by atoms with Gasteiger partial charge in [0.1, 0.15) is 4.88 Å². The van der Waals surface area contributed by atoms with Crippen molar-refractivity contribution in [2.45, 2.75) is 47.1 Å². The Morgan fingerprint density at radius 2 is 1.88 bits per heavy atom. The van der Waals surface area contributed by atoms with Gasteiger partial charge in [0, 0.05) is 0 Å². The second-order valence-electron chi connectivity index (χ2n) is 5.64. The van der Waals surface area contributed by atoms with Gasteiger partial charge in [-0.3, -0.25) is 4.79 Å². The first-order valence-corrected chi connectivity index (χ1v) is 9.48. The lowest BCUT2D eigenvalue weighted by atomic mass is 10.1. The molecule has 1 amide bonds. The molecule has 1 N–H and O–H groups in total. The summed E-state index contributed by atoms with van der Waals surface area (Å²) in [7, 11) is 0. The zero-order chi connectivity index (χ0) is 18.4. The molecule has 1 aromatic heterocycles. The summed E-state index contributed by atoms with van der Waals surface area (Å²) >= 11 is 1.46. The summed E-state index contributed by atoms with van der Waals surface area (Å²) in [5.41, 5.74) is 1.76. The molecule has 1 aromatic carbocycles. The third-order valence-electron chi connectivity index (χ3n) is 3.76. The average Bonchev–Trinajstić information content (AvgIpc) is 2.98. The summed E-state index contributed by atoms with van der Waals surface area (Å²) in [5, 5.41) is 4.03. The maximum Gasteiger partial charge on any atom is 0.263 e. The fraction of sp³-hybridized carbons (Fsp3) is 0.474. The molecule has 0 bridgehead atoms. The third-order valence-corrected chi connectivity index (χ3v) is 5.07. The van der Waals surface area contributed by atoms with Crippen LogP contribution in [0.3, 0.4) is 0 Å². The van der Waals surface area contributed by atoms with Gasteiger partial charge in [-0.05, 0) is 51.8 Å². The summed E-state index contributed by atoms with van der Waals surface area (Å²) in [4.78, 5) is 17.7. The first kappa shape index (κ1) is 19.2. The first-order chi connectivity index (χ1) is 12.0. The molecule has 0 saturated carbocycles. The molecule has 0 radical (unpaired) electrons. The van der Waals surface area contributed by atoms with Gasteiger partial charge in [-0.1, -0.05) is 13.0 Å². The number of amides is 1. The quantitative estimate of drug-likeness (QED) is 0.760. The molecule has 5 nitrogen and oxygen atoms in total. The fourth-order valence-electron chi connectivity index (χ4n) is 2.50. The number of thiazole rings is 1. The standard InChI is InChI=1S/C19H26N2O3S/c1-6-17-20-13(5)18(25-17)19(22)21-12(4)14-9-10-15(23-7-2)16(11-14)24-8-3/h9-12H,6-8H2,1-5H3,(H,21,22). The van der Waals surface area contributed by atoms with Crippen molar-refractivity contribution in [2.75, 3.05) is 13.2 Å². The van der Waals surface area contributed by atoms with Gasteiger partial charge >= 0.3 is 0 Å². The van der Waals surface area contributed by atoms with Crippen molar-refractivity contribution < 1.29 is 14.3 Å². The van der Waals surface area contributed by atoms with Crippen LogP contribution in [0.5, 0.6) is 11.5 Å². The molecule has 0 fully saturated rings. The molecule has 1 heterocycles. The van der Waals surface area contributed by atoms with Crippen LogP contribution in [-0.4, -0.2) is 24.1 Å². The predicted octanol–water partition coefficient (Wildman–Crippen LogP) is 4.30. The molecule has 2 rings (SSSR count). The van der Waals surface area contributed by atoms with E-state index in [0.717, 1.165) is 28.4 Å². The van der Waals surface area contributed by atoms with Gasteiger partial charge in [-0.25, -0.2) is 4.98 Å². The van der Waals surface area contributed by atoms with E-state index in [4.69, 9.17) is 9.47 Å². The van der Waals surface area contributed by atoms with Crippen molar-refractivity contribution in [3.63, 3.8) is 0 Å². The monoisotopic (exact) mass is 362 g/mol. The number of carbonyl (C=O) groups is 1. The topological polar surface area (TPSA) is 60.5 Å². The van der Waals surface area contributed by atoms with E-state index < -0.39 is 0 Å². The molecule has 0 spiro atoms. The SMILES string of the molecule is CCOc1ccc(C(C)NC(=O)c2sc(CC)nc2C)cc1OCC. The van der Waals surface area contributed by atoms with Crippen molar-refractivity contribution in [3.05, 3.63) is 39.3 Å². The maximum absolute atomic E-state index is 12.6. The molecule has 0 aliphatic heterocycles. The number of nitrogens with one attached hydrogen (secondary N) is 1. The second-order valence-corrected chi connectivity index (χ2v) is 6.73. The van der Waals surface area contributed by atoms with Gasteiger partial charge in [0.2, 0.25) is 0 Å². The Bertz CT molecular complexity index is 727. The molecule has 1 atom stereocenters. The minimum Gasteiger partial charge on any atom is -0.490 e. The fourth-order valence-corrected chi connectivity index (χ4v) is 3.40. The molecule has 2 aromatic rings. The Kier molecular flexibility index (Phi) is 6.82. The zero-order valence-electron chi connectivity index (χ0n) is 15.5. The molecule has 0 aliphatic carbocycles. The van der Waals surface area contributed by atoms with Crippen LogP contribution in [0.25, 0.3) is 0 Å². The largest absolute Gasteiger partial charge is 0.490 e. The van der Waals surface area contributed by atoms with Gasteiger partial charge in [0.15, 0.2) is 11.5 Å². The average molecular weight is 362 g/mol. The van der Waals surface area contributed by atoms with Gasteiger partial charge in [0.25, 0.3) is 5.91 Å². The summed E-state index contributed by atoms with van der Waals surface area (Å²) in [6, 6.07) is 5.62. The van der Waals surface area contributed by atoms with E-state index >= 15 is 0 Å². The molecule has 6 heteroatoms. The van der Waals surface area contributed by atoms with E-state index in [0.29, 0.717) is 23.8 Å². The number of aromatic nitrogens is 1. The molecule has 0 aliphatic rings. The highest BCUT2D eigenvalue weighted by Crippen LogP contribution is 2.31. The van der Waals surface area contributed by atoms with Gasteiger partial charge in [0.05, 0.1) is 30.0 Å². The first-order valence-electron chi connectivity index (χ1n) is 8.66. The molecule has 25 heavy (non-hydrogen) atoms. The van der Waals surface area contributed by atoms with Gasteiger partial charge < -0.3 is 14.8 Å². The molecule has 1 unspecified atom stereocenters. The van der Waals surface area contributed by atoms with E-state index in [1.54, 1.807) is 0 Å². The van der Waals surface area contributed by atoms with Crippen molar-refractivity contribution >= 4 is 17.2 Å². The number of hydrogen-bond donors (Lipinski definition) is 1. The lowest BCUT2D eigenvalue weighted by Gasteiger charge is -2.17. The number of nitrogens with zero attached hydrogens (tertiary/aromatic N) is 1.